The molecule has 0 heterocycles. The first-order valence-electron chi connectivity index (χ1n) is 6.01. The topological polar surface area (TPSA) is 55.4 Å². The van der Waals surface area contributed by atoms with Gasteiger partial charge in [0.1, 0.15) is 5.92 Å². The summed E-state index contributed by atoms with van der Waals surface area (Å²) in [5, 5.41) is 2.74. The number of carbonyl (C=O) groups is 2. The van der Waals surface area contributed by atoms with Crippen LogP contribution in [0.1, 0.15) is 19.4 Å². The molecule has 1 N–H and O–H groups in total. The number of ether oxygens (including phenoxy) is 1. The van der Waals surface area contributed by atoms with E-state index in [-0.39, 0.29) is 11.8 Å². The molecule has 1 atom stereocenters. The van der Waals surface area contributed by atoms with E-state index in [0.29, 0.717) is 5.69 Å². The summed E-state index contributed by atoms with van der Waals surface area (Å²) in [5.74, 6) is -1.79. The van der Waals surface area contributed by atoms with Gasteiger partial charge in [0.25, 0.3) is 0 Å². The Morgan fingerprint density at radius 2 is 1.95 bits per heavy atom. The monoisotopic (exact) mass is 327 g/mol. The van der Waals surface area contributed by atoms with Crippen LogP contribution in [0.5, 0.6) is 0 Å². The molecule has 19 heavy (non-hydrogen) atoms. The minimum atomic E-state index is -0.801. The van der Waals surface area contributed by atoms with Crippen molar-refractivity contribution in [3.63, 3.8) is 0 Å². The van der Waals surface area contributed by atoms with Crippen LogP contribution in [-0.2, 0) is 14.3 Å². The Morgan fingerprint density at radius 3 is 2.42 bits per heavy atom. The molecule has 5 heteroatoms. The number of amides is 1. The molecule has 1 amide bonds. The highest BCUT2D eigenvalue weighted by Gasteiger charge is 2.30. The number of nitrogens with one attached hydrogen (secondary N) is 1. The smallest absolute Gasteiger partial charge is 0.318 e. The molecule has 0 spiro atoms. The van der Waals surface area contributed by atoms with Crippen LogP contribution < -0.4 is 5.32 Å². The molecule has 1 rings (SSSR count). The summed E-state index contributed by atoms with van der Waals surface area (Å²) < 4.78 is 5.57. The molecule has 0 saturated heterocycles. The van der Waals surface area contributed by atoms with Crippen molar-refractivity contribution >= 4 is 33.5 Å². The van der Waals surface area contributed by atoms with Crippen molar-refractivity contribution in [2.24, 2.45) is 11.8 Å². The molecular formula is C14H18BrNO3. The van der Waals surface area contributed by atoms with Crippen molar-refractivity contribution in [3.05, 3.63) is 28.2 Å². The van der Waals surface area contributed by atoms with Gasteiger partial charge < -0.3 is 10.1 Å². The maximum absolute atomic E-state index is 12.1. The average Bonchev–Trinajstić information content (AvgIpc) is 2.33. The molecule has 0 saturated carbocycles. The molecule has 0 aliphatic carbocycles. The van der Waals surface area contributed by atoms with Crippen molar-refractivity contribution in [1.82, 2.24) is 0 Å². The summed E-state index contributed by atoms with van der Waals surface area (Å²) in [7, 11) is 1.29. The van der Waals surface area contributed by atoms with Crippen molar-refractivity contribution in [2.45, 2.75) is 20.8 Å². The molecule has 1 unspecified atom stereocenters. The molecule has 0 aliphatic rings. The van der Waals surface area contributed by atoms with Gasteiger partial charge in [0.15, 0.2) is 0 Å². The highest BCUT2D eigenvalue weighted by Crippen LogP contribution is 2.22. The summed E-state index contributed by atoms with van der Waals surface area (Å²) in [6.45, 7) is 5.58. The number of rotatable bonds is 4. The molecule has 0 radical (unpaired) electrons. The van der Waals surface area contributed by atoms with Gasteiger partial charge in [0.05, 0.1) is 7.11 Å². The number of halogens is 1. The van der Waals surface area contributed by atoms with Crippen LogP contribution in [0.4, 0.5) is 5.69 Å². The lowest BCUT2D eigenvalue weighted by molar-refractivity contribution is -0.150. The number of aryl methyl sites for hydroxylation is 1. The van der Waals surface area contributed by atoms with Crippen LogP contribution in [0.2, 0.25) is 0 Å². The quantitative estimate of drug-likeness (QED) is 0.682. The van der Waals surface area contributed by atoms with Crippen LogP contribution in [-0.4, -0.2) is 19.0 Å². The number of carbonyl (C=O) groups excluding carboxylic acids is 2. The number of benzene rings is 1. The SMILES string of the molecule is COC(=O)C(C(=O)Nc1ccc(C)c(Br)c1)C(C)C. The predicted molar refractivity (Wildman–Crippen MR) is 77.9 cm³/mol. The van der Waals surface area contributed by atoms with E-state index in [0.717, 1.165) is 10.0 Å². The Bertz CT molecular complexity index is 486. The van der Waals surface area contributed by atoms with E-state index >= 15 is 0 Å². The molecule has 0 aromatic heterocycles. The minimum Gasteiger partial charge on any atom is -0.468 e. The summed E-state index contributed by atoms with van der Waals surface area (Å²) in [4.78, 5) is 23.7. The molecule has 4 nitrogen and oxygen atoms in total. The van der Waals surface area contributed by atoms with Gasteiger partial charge in [0.2, 0.25) is 5.91 Å². The van der Waals surface area contributed by atoms with Crippen molar-refractivity contribution in [3.8, 4) is 0 Å². The Morgan fingerprint density at radius 1 is 1.32 bits per heavy atom. The number of hydrogen-bond donors (Lipinski definition) is 1. The normalized spacial score (nSPS) is 12.1. The van der Waals surface area contributed by atoms with E-state index in [1.807, 2.05) is 32.9 Å². The first kappa shape index (κ1) is 15.7. The van der Waals surface area contributed by atoms with Gasteiger partial charge in [-0.3, -0.25) is 9.59 Å². The summed E-state index contributed by atoms with van der Waals surface area (Å²) in [5.41, 5.74) is 1.73. The highest BCUT2D eigenvalue weighted by atomic mass is 79.9. The second-order valence-corrected chi connectivity index (χ2v) is 5.55. The van der Waals surface area contributed by atoms with Gasteiger partial charge in [-0.05, 0) is 30.5 Å². The lowest BCUT2D eigenvalue weighted by atomic mass is 9.95. The molecule has 1 aromatic carbocycles. The third-order valence-electron chi connectivity index (χ3n) is 2.84. The molecule has 0 fully saturated rings. The average molecular weight is 328 g/mol. The van der Waals surface area contributed by atoms with Crippen LogP contribution in [0.3, 0.4) is 0 Å². The van der Waals surface area contributed by atoms with Gasteiger partial charge in [-0.2, -0.15) is 0 Å². The lowest BCUT2D eigenvalue weighted by Gasteiger charge is -2.18. The Labute approximate surface area is 121 Å². The number of anilines is 1. The highest BCUT2D eigenvalue weighted by molar-refractivity contribution is 9.10. The van der Waals surface area contributed by atoms with E-state index in [4.69, 9.17) is 0 Å². The van der Waals surface area contributed by atoms with Gasteiger partial charge in [-0.25, -0.2) is 0 Å². The fourth-order valence-electron chi connectivity index (χ4n) is 1.70. The lowest BCUT2D eigenvalue weighted by Crippen LogP contribution is -2.34. The van der Waals surface area contributed by atoms with Crippen LogP contribution in [0, 0.1) is 18.8 Å². The van der Waals surface area contributed by atoms with Gasteiger partial charge in [0, 0.05) is 10.2 Å². The second-order valence-electron chi connectivity index (χ2n) is 4.70. The minimum absolute atomic E-state index is 0.124. The van der Waals surface area contributed by atoms with Crippen LogP contribution >= 0.6 is 15.9 Å². The van der Waals surface area contributed by atoms with E-state index in [2.05, 4.69) is 26.0 Å². The second kappa shape index (κ2) is 6.70. The maximum Gasteiger partial charge on any atom is 0.318 e. The predicted octanol–water partition coefficient (Wildman–Crippen LogP) is 3.14. The number of methoxy groups -OCH3 is 1. The first-order valence-corrected chi connectivity index (χ1v) is 6.81. The molecule has 1 aromatic rings. The van der Waals surface area contributed by atoms with E-state index in [1.54, 1.807) is 6.07 Å². The Hall–Kier alpha value is -1.36. The Kier molecular flexibility index (Phi) is 5.54. The fraction of sp³-hybridized carbons (Fsp3) is 0.429. The van der Waals surface area contributed by atoms with Gasteiger partial charge in [-0.15, -0.1) is 0 Å². The van der Waals surface area contributed by atoms with E-state index in [9.17, 15) is 9.59 Å². The van der Waals surface area contributed by atoms with Crippen LogP contribution in [0.25, 0.3) is 0 Å². The van der Waals surface area contributed by atoms with Gasteiger partial charge >= 0.3 is 5.97 Å². The fourth-order valence-corrected chi connectivity index (χ4v) is 2.08. The van der Waals surface area contributed by atoms with Crippen molar-refractivity contribution < 1.29 is 14.3 Å². The summed E-state index contributed by atoms with van der Waals surface area (Å²) in [6, 6.07) is 5.50. The number of hydrogen-bond acceptors (Lipinski definition) is 3. The molecular weight excluding hydrogens is 310 g/mol. The molecule has 0 bridgehead atoms. The Balaban J connectivity index is 2.87. The largest absolute Gasteiger partial charge is 0.468 e. The maximum atomic E-state index is 12.1. The summed E-state index contributed by atoms with van der Waals surface area (Å²) in [6.07, 6.45) is 0. The first-order chi connectivity index (χ1) is 8.86. The third-order valence-corrected chi connectivity index (χ3v) is 3.70. The zero-order valence-corrected chi connectivity index (χ0v) is 13.1. The standard InChI is InChI=1S/C14H18BrNO3/c1-8(2)12(14(18)19-4)13(17)16-10-6-5-9(3)11(15)7-10/h5-8,12H,1-4H3,(H,16,17). The zero-order chi connectivity index (χ0) is 14.6. The van der Waals surface area contributed by atoms with E-state index in [1.165, 1.54) is 7.11 Å². The molecule has 104 valence electrons. The van der Waals surface area contributed by atoms with Crippen molar-refractivity contribution in [2.75, 3.05) is 12.4 Å². The van der Waals surface area contributed by atoms with E-state index < -0.39 is 11.9 Å². The van der Waals surface area contributed by atoms with Crippen LogP contribution in [0.15, 0.2) is 22.7 Å². The molecule has 0 aliphatic heterocycles. The van der Waals surface area contributed by atoms with Gasteiger partial charge in [-0.1, -0.05) is 35.8 Å². The zero-order valence-electron chi connectivity index (χ0n) is 11.5. The van der Waals surface area contributed by atoms with Crippen molar-refractivity contribution in [1.29, 1.82) is 0 Å². The third kappa shape index (κ3) is 4.06. The summed E-state index contributed by atoms with van der Waals surface area (Å²) >= 11 is 3.40. The number of esters is 1.